The van der Waals surface area contributed by atoms with Crippen molar-refractivity contribution in [2.24, 2.45) is 0 Å². The van der Waals surface area contributed by atoms with Gasteiger partial charge in [0.2, 0.25) is 0 Å². The fourth-order valence-electron chi connectivity index (χ4n) is 3.57. The van der Waals surface area contributed by atoms with Crippen molar-refractivity contribution in [3.63, 3.8) is 0 Å². The molecule has 0 spiro atoms. The molecule has 0 heterocycles. The lowest BCUT2D eigenvalue weighted by molar-refractivity contribution is 1.53. The summed E-state index contributed by atoms with van der Waals surface area (Å²) in [5.41, 5.74) is 0. The van der Waals surface area contributed by atoms with Gasteiger partial charge in [-0.3, -0.25) is 0 Å². The number of hydrogen-bond donors (Lipinski definition) is 0. The Balaban J connectivity index is 2.31. The Kier molecular flexibility index (Phi) is 6.72. The van der Waals surface area contributed by atoms with Crippen LogP contribution in [0, 0.1) is 0 Å². The first-order valence-electron chi connectivity index (χ1n) is 9.98. The third kappa shape index (κ3) is 4.83. The molecular formula is C24H29PS2Si2-2. The van der Waals surface area contributed by atoms with Gasteiger partial charge in [0.15, 0.2) is 0 Å². The maximum Gasteiger partial charge on any atom is 0.0756 e. The number of benzene rings is 3. The van der Waals surface area contributed by atoms with Crippen molar-refractivity contribution in [2.75, 3.05) is 0 Å². The predicted molar refractivity (Wildman–Crippen MR) is 142 cm³/mol. The van der Waals surface area contributed by atoms with Crippen LogP contribution in [0.15, 0.2) is 76.5 Å². The third-order valence-electron chi connectivity index (χ3n) is 5.10. The Morgan fingerprint density at radius 3 is 1.34 bits per heavy atom. The lowest BCUT2D eigenvalue weighted by Crippen LogP contribution is -2.43. The first kappa shape index (κ1) is 22.6. The minimum absolute atomic E-state index is 0.778. The lowest BCUT2D eigenvalue weighted by atomic mass is 10.3. The second-order valence-corrected chi connectivity index (χ2v) is 22.5. The smallest absolute Gasteiger partial charge is 0.0756 e. The third-order valence-corrected chi connectivity index (χ3v) is 13.2. The van der Waals surface area contributed by atoms with Gasteiger partial charge in [0.05, 0.1) is 16.1 Å². The predicted octanol–water partition coefficient (Wildman–Crippen LogP) is 4.35. The average molecular weight is 469 g/mol. The van der Waals surface area contributed by atoms with E-state index in [9.17, 15) is 0 Å². The molecule has 0 unspecified atom stereocenters. The van der Waals surface area contributed by atoms with Gasteiger partial charge < -0.3 is 25.3 Å². The molecule has 0 atom stereocenters. The van der Waals surface area contributed by atoms with Crippen LogP contribution in [-0.4, -0.2) is 16.1 Å². The summed E-state index contributed by atoms with van der Waals surface area (Å²) >= 11 is 12.2. The molecule has 5 heteroatoms. The molecule has 3 aromatic carbocycles. The maximum absolute atomic E-state index is 6.09. The standard InChI is InChI=1S/C24H31PS2Si2/c1-28(2,3)21-16-10-14-19(23(21)26)25(18-12-8-7-9-13-18)20-15-11-17-22(24(20)27)29(4,5)6/h7-17,26-27H,1-6H3/p-2. The zero-order chi connectivity index (χ0) is 21.4. The van der Waals surface area contributed by atoms with Crippen molar-refractivity contribution in [2.45, 2.75) is 49.1 Å². The summed E-state index contributed by atoms with van der Waals surface area (Å²) in [5, 5.41) is 6.63. The molecule has 0 aliphatic carbocycles. The van der Waals surface area contributed by atoms with Gasteiger partial charge in [0.25, 0.3) is 0 Å². The van der Waals surface area contributed by atoms with Gasteiger partial charge >= 0.3 is 0 Å². The van der Waals surface area contributed by atoms with Crippen molar-refractivity contribution in [3.8, 4) is 0 Å². The Morgan fingerprint density at radius 2 is 0.966 bits per heavy atom. The van der Waals surface area contributed by atoms with Crippen LogP contribution in [0.4, 0.5) is 0 Å². The zero-order valence-corrected chi connectivity index (χ0v) is 22.6. The van der Waals surface area contributed by atoms with E-state index in [0.29, 0.717) is 0 Å². The molecule has 0 fully saturated rings. The molecule has 0 saturated heterocycles. The summed E-state index contributed by atoms with van der Waals surface area (Å²) in [5.74, 6) is 0. The second kappa shape index (κ2) is 8.60. The fourth-order valence-corrected chi connectivity index (χ4v) is 11.7. The van der Waals surface area contributed by atoms with E-state index in [1.54, 1.807) is 0 Å². The molecule has 0 bridgehead atoms. The molecule has 0 N–H and O–H groups in total. The summed E-state index contributed by atoms with van der Waals surface area (Å²) < 4.78 is 0. The highest BCUT2D eigenvalue weighted by molar-refractivity contribution is 7.81. The van der Waals surface area contributed by atoms with E-state index in [1.807, 2.05) is 0 Å². The SMILES string of the molecule is C[Si](C)(C)c1cccc(P(c2ccccc2)c2cccc([Si](C)(C)C)c2[S-])c1[S-]. The van der Waals surface area contributed by atoms with Gasteiger partial charge in [-0.25, -0.2) is 0 Å². The monoisotopic (exact) mass is 468 g/mol. The van der Waals surface area contributed by atoms with Crippen molar-refractivity contribution >= 4 is 75.6 Å². The van der Waals surface area contributed by atoms with Crippen LogP contribution in [0.2, 0.25) is 39.3 Å². The Labute approximate surface area is 190 Å². The van der Waals surface area contributed by atoms with Crippen LogP contribution in [0.5, 0.6) is 0 Å². The van der Waals surface area contributed by atoms with Crippen LogP contribution in [0.25, 0.3) is 0 Å². The summed E-state index contributed by atoms with van der Waals surface area (Å²) in [6, 6.07) is 24.1. The quantitative estimate of drug-likeness (QED) is 0.310. The van der Waals surface area contributed by atoms with E-state index in [-0.39, 0.29) is 0 Å². The fraction of sp³-hybridized carbons (Fsp3) is 0.250. The minimum Gasteiger partial charge on any atom is -0.779 e. The molecule has 0 amide bonds. The van der Waals surface area contributed by atoms with E-state index in [4.69, 9.17) is 25.3 Å². The summed E-state index contributed by atoms with van der Waals surface area (Å²) in [6.07, 6.45) is 0. The van der Waals surface area contributed by atoms with Crippen molar-refractivity contribution in [1.82, 2.24) is 0 Å². The molecular weight excluding hydrogens is 440 g/mol. The molecule has 0 aromatic heterocycles. The van der Waals surface area contributed by atoms with Gasteiger partial charge in [-0.1, -0.05) is 116 Å². The van der Waals surface area contributed by atoms with Gasteiger partial charge in [0.1, 0.15) is 0 Å². The van der Waals surface area contributed by atoms with Crippen LogP contribution >= 0.6 is 7.92 Å². The topological polar surface area (TPSA) is 0 Å². The van der Waals surface area contributed by atoms with E-state index >= 15 is 0 Å². The molecule has 0 aliphatic heterocycles. The van der Waals surface area contributed by atoms with Crippen LogP contribution in [0.1, 0.15) is 0 Å². The molecule has 29 heavy (non-hydrogen) atoms. The number of hydrogen-bond acceptors (Lipinski definition) is 2. The normalized spacial score (nSPS) is 12.4. The molecule has 152 valence electrons. The Bertz CT molecular complexity index is 942. The molecule has 0 radical (unpaired) electrons. The van der Waals surface area contributed by atoms with Crippen LogP contribution in [0.3, 0.4) is 0 Å². The molecule has 0 aliphatic rings. The first-order chi connectivity index (χ1) is 13.5. The Morgan fingerprint density at radius 1 is 0.552 bits per heavy atom. The molecule has 0 saturated carbocycles. The Hall–Kier alpha value is -1.04. The zero-order valence-electron chi connectivity index (χ0n) is 18.1. The first-order valence-corrected chi connectivity index (χ1v) is 19.1. The second-order valence-electron chi connectivity index (χ2n) is 9.48. The average Bonchev–Trinajstić information content (AvgIpc) is 2.63. The van der Waals surface area contributed by atoms with Crippen molar-refractivity contribution in [1.29, 1.82) is 0 Å². The van der Waals surface area contributed by atoms with Gasteiger partial charge in [-0.15, -0.1) is 0 Å². The highest BCUT2D eigenvalue weighted by atomic mass is 32.1. The minimum atomic E-state index is -1.52. The number of rotatable bonds is 5. The van der Waals surface area contributed by atoms with E-state index in [2.05, 4.69) is 106 Å². The highest BCUT2D eigenvalue weighted by Gasteiger charge is 2.24. The largest absolute Gasteiger partial charge is 0.779 e. The van der Waals surface area contributed by atoms with Crippen LogP contribution < -0.4 is 26.3 Å². The summed E-state index contributed by atoms with van der Waals surface area (Å²) in [4.78, 5) is 2.10. The molecule has 3 aromatic rings. The molecule has 0 nitrogen and oxygen atoms in total. The molecule has 3 rings (SSSR count). The van der Waals surface area contributed by atoms with Crippen molar-refractivity contribution in [3.05, 3.63) is 66.7 Å². The lowest BCUT2D eigenvalue weighted by Gasteiger charge is -2.35. The van der Waals surface area contributed by atoms with Crippen LogP contribution in [-0.2, 0) is 25.3 Å². The summed E-state index contributed by atoms with van der Waals surface area (Å²) in [7, 11) is -3.83. The van der Waals surface area contributed by atoms with E-state index in [0.717, 1.165) is 9.79 Å². The van der Waals surface area contributed by atoms with E-state index in [1.165, 1.54) is 26.3 Å². The van der Waals surface area contributed by atoms with Gasteiger partial charge in [-0.2, -0.15) is 9.79 Å². The maximum atomic E-state index is 6.09. The summed E-state index contributed by atoms with van der Waals surface area (Å²) in [6.45, 7) is 14.2. The van der Waals surface area contributed by atoms with Gasteiger partial charge in [0, 0.05) is 0 Å². The van der Waals surface area contributed by atoms with E-state index < -0.39 is 24.1 Å². The highest BCUT2D eigenvalue weighted by Crippen LogP contribution is 2.35. The van der Waals surface area contributed by atoms with Gasteiger partial charge in [-0.05, 0) is 23.8 Å². The van der Waals surface area contributed by atoms with Crippen molar-refractivity contribution < 1.29 is 0 Å².